The first-order valence-corrected chi connectivity index (χ1v) is 42.0. The van der Waals surface area contributed by atoms with Crippen molar-refractivity contribution in [1.29, 1.82) is 0 Å². The number of nitrogens with zero attached hydrogens (tertiary/aromatic N) is 3. The summed E-state index contributed by atoms with van der Waals surface area (Å²) in [6.45, 7) is 25.4. The Morgan fingerprint density at radius 1 is 0.193 bits per heavy atom. The topological polar surface area (TPSA) is 38.7 Å². The summed E-state index contributed by atoms with van der Waals surface area (Å²) in [6.07, 6.45) is 5.69. The lowest BCUT2D eigenvalue weighted by atomic mass is 9.80. The lowest BCUT2D eigenvalue weighted by Crippen LogP contribution is -2.14. The van der Waals surface area contributed by atoms with Crippen LogP contribution in [0, 0.1) is 0 Å². The number of hydrogen-bond acceptors (Lipinski definition) is 3. The number of benzene rings is 19. The van der Waals surface area contributed by atoms with E-state index < -0.39 is 0 Å². The molecule has 0 bridgehead atoms. The summed E-state index contributed by atoms with van der Waals surface area (Å²) in [7, 11) is 0. The fraction of sp³-hybridized carbons (Fsp3) is 0.129. The minimum Gasteiger partial charge on any atom is -0.256 e. The van der Waals surface area contributed by atoms with Crippen LogP contribution in [0.3, 0.4) is 0 Å². The van der Waals surface area contributed by atoms with Crippen molar-refractivity contribution in [1.82, 2.24) is 15.0 Å². The van der Waals surface area contributed by atoms with Crippen LogP contribution in [0.15, 0.2) is 352 Å². The van der Waals surface area contributed by atoms with Crippen LogP contribution in [0.25, 0.3) is 208 Å². The lowest BCUT2D eigenvalue weighted by Gasteiger charge is -2.24. The molecule has 19 aromatic carbocycles. The van der Waals surface area contributed by atoms with E-state index in [1.54, 1.807) is 0 Å². The van der Waals surface area contributed by atoms with Gasteiger partial charge in [0, 0.05) is 40.7 Å². The Morgan fingerprint density at radius 3 is 0.983 bits per heavy atom. The quantitative estimate of drug-likeness (QED) is 0.149. The fourth-order valence-electron chi connectivity index (χ4n) is 19.7. The smallest absolute Gasteiger partial charge is 0.0708 e. The standard InChI is InChI=1S/C40H33N.C39H29N.C37H29N/c1-39(2,3)27-20-25-14-17-30-32(24-13-16-29-28-10-6-7-11-34(28)40(4,5)35(29)22-24)23-33(36-12-8-9-19-41-36)31-18-15-26(21-27)37(25)38(30)31;1-39(2,3)27-20-25-15-17-31-34(33-22-24-10-4-5-11-28(24)29-12-6-7-13-30(29)33)23-35(36-14-8-9-19-40-36)32-18-16-26(21-27)37(25)38(31)32;1-37(2,3)27-21-25-16-18-30-32(29-14-8-7-13-28(29)24-11-5-4-6-12-24)23-33(34-15-9-10-20-38-34)31-19-17-26(22-27)35(25)36(30)31/h6-23H,1-5H3;4-23H,1-3H3;4-23H,1-3H3. The molecule has 1 aliphatic carbocycles. The zero-order valence-electron chi connectivity index (χ0n) is 69.3. The van der Waals surface area contributed by atoms with Crippen LogP contribution in [0.1, 0.15) is 104 Å². The molecular weight excluding hydrogens is 1440 g/mol. The predicted molar refractivity (Wildman–Crippen MR) is 511 cm³/mol. The summed E-state index contributed by atoms with van der Waals surface area (Å²) in [5.74, 6) is 0. The van der Waals surface area contributed by atoms with Gasteiger partial charge in [-0.3, -0.25) is 15.0 Å². The Bertz CT molecular complexity index is 7710. The average molecular weight is 1530 g/mol. The van der Waals surface area contributed by atoms with Crippen LogP contribution < -0.4 is 0 Å². The molecule has 0 unspecified atom stereocenters. The van der Waals surface area contributed by atoms with Crippen LogP contribution in [0.4, 0.5) is 0 Å². The highest BCUT2D eigenvalue weighted by Crippen LogP contribution is 2.54. The summed E-state index contributed by atoms with van der Waals surface area (Å²) in [4.78, 5) is 14.4. The van der Waals surface area contributed by atoms with Crippen molar-refractivity contribution in [2.24, 2.45) is 0 Å². The van der Waals surface area contributed by atoms with Crippen LogP contribution in [-0.2, 0) is 21.7 Å². The molecule has 3 heterocycles. The minimum absolute atomic E-state index is 0.0428. The fourth-order valence-corrected chi connectivity index (χ4v) is 19.7. The highest BCUT2D eigenvalue weighted by atomic mass is 14.7. The number of aromatic nitrogens is 3. The molecule has 0 fully saturated rings. The van der Waals surface area contributed by atoms with Crippen LogP contribution >= 0.6 is 0 Å². The molecule has 0 atom stereocenters. The van der Waals surface area contributed by atoms with Crippen molar-refractivity contribution in [2.45, 2.75) is 97.8 Å². The number of hydrogen-bond donors (Lipinski definition) is 0. The first-order chi connectivity index (χ1) is 57.7. The molecule has 0 saturated heterocycles. The van der Waals surface area contributed by atoms with Crippen molar-refractivity contribution in [3.63, 3.8) is 0 Å². The second-order valence-electron chi connectivity index (χ2n) is 36.5. The van der Waals surface area contributed by atoms with E-state index in [4.69, 9.17) is 15.0 Å². The van der Waals surface area contributed by atoms with Gasteiger partial charge in [-0.25, -0.2) is 0 Å². The molecule has 0 saturated carbocycles. The van der Waals surface area contributed by atoms with E-state index in [2.05, 4.69) is 392 Å². The third kappa shape index (κ3) is 12.2. The maximum Gasteiger partial charge on any atom is 0.0708 e. The van der Waals surface area contributed by atoms with Gasteiger partial charge in [-0.05, 0) is 285 Å². The van der Waals surface area contributed by atoms with E-state index >= 15 is 0 Å². The maximum atomic E-state index is 4.82. The molecule has 3 nitrogen and oxygen atoms in total. The highest BCUT2D eigenvalue weighted by molar-refractivity contribution is 6.32. The van der Waals surface area contributed by atoms with Gasteiger partial charge in [0.15, 0.2) is 0 Å². The van der Waals surface area contributed by atoms with E-state index in [0.29, 0.717) is 0 Å². The summed E-state index contributed by atoms with van der Waals surface area (Å²) in [5.41, 5.74) is 26.4. The van der Waals surface area contributed by atoms with E-state index in [1.807, 2.05) is 36.8 Å². The second kappa shape index (κ2) is 27.7. The third-order valence-electron chi connectivity index (χ3n) is 25.8. The Morgan fingerprint density at radius 2 is 0.538 bits per heavy atom. The predicted octanol–water partition coefficient (Wildman–Crippen LogP) is 32.1. The summed E-state index contributed by atoms with van der Waals surface area (Å²) >= 11 is 0. The maximum absolute atomic E-state index is 4.82. The van der Waals surface area contributed by atoms with Gasteiger partial charge in [-0.1, -0.05) is 343 Å². The molecule has 22 aromatic rings. The number of pyridine rings is 3. The van der Waals surface area contributed by atoms with Gasteiger partial charge >= 0.3 is 0 Å². The Kier molecular flexibility index (Phi) is 17.0. The van der Waals surface area contributed by atoms with Gasteiger partial charge in [0.05, 0.1) is 17.1 Å². The molecular formula is C116H91N3. The molecule has 3 aromatic heterocycles. The Labute approximate surface area is 696 Å². The first kappa shape index (κ1) is 72.9. The molecule has 0 radical (unpaired) electrons. The Hall–Kier alpha value is -13.7. The van der Waals surface area contributed by atoms with E-state index in [1.165, 1.54) is 219 Å². The van der Waals surface area contributed by atoms with Crippen molar-refractivity contribution >= 4 is 118 Å². The molecule has 0 spiro atoms. The number of rotatable bonds is 7. The van der Waals surface area contributed by atoms with E-state index in [9.17, 15) is 0 Å². The van der Waals surface area contributed by atoms with Gasteiger partial charge in [0.25, 0.3) is 0 Å². The molecule has 3 heteroatoms. The SMILES string of the molecule is CC(C)(C)c1cc2ccc3c(-c4ccc5c(c4)C(C)(C)c4ccccc4-5)cc(-c4ccccn4)c4ccc(c1)c2c34.CC(C)(C)c1cc2ccc3c(-c4ccccn4)cc(-c4cc5ccccc5c5ccccc45)c4ccc(c1)c2c34.CC(C)(C)c1cc2ccc3c(-c4ccccn4)cc(-c4ccccc4-c4ccccc4)c4ccc(c1)c2c34. The monoisotopic (exact) mass is 1530 g/mol. The minimum atomic E-state index is -0.0428. The van der Waals surface area contributed by atoms with Gasteiger partial charge in [-0.15, -0.1) is 0 Å². The summed E-state index contributed by atoms with van der Waals surface area (Å²) < 4.78 is 0. The lowest BCUT2D eigenvalue weighted by molar-refractivity contribution is 0.591. The van der Waals surface area contributed by atoms with Crippen LogP contribution in [0.5, 0.6) is 0 Å². The average Bonchev–Trinajstić information content (AvgIpc) is 1.69. The van der Waals surface area contributed by atoms with E-state index in [-0.39, 0.29) is 21.7 Å². The van der Waals surface area contributed by atoms with Gasteiger partial charge in [0.2, 0.25) is 0 Å². The zero-order chi connectivity index (χ0) is 81.0. The molecule has 23 rings (SSSR count). The Balaban J connectivity index is 0.000000111. The highest BCUT2D eigenvalue weighted by Gasteiger charge is 2.36. The van der Waals surface area contributed by atoms with Crippen molar-refractivity contribution in [2.75, 3.05) is 0 Å². The van der Waals surface area contributed by atoms with Crippen molar-refractivity contribution in [3.05, 3.63) is 380 Å². The molecule has 1 aliphatic rings. The van der Waals surface area contributed by atoms with Crippen LogP contribution in [0.2, 0.25) is 0 Å². The molecule has 0 N–H and O–H groups in total. The first-order valence-electron chi connectivity index (χ1n) is 42.0. The largest absolute Gasteiger partial charge is 0.256 e. The molecule has 119 heavy (non-hydrogen) atoms. The second-order valence-corrected chi connectivity index (χ2v) is 36.5. The normalized spacial score (nSPS) is 12.9. The van der Waals surface area contributed by atoms with Gasteiger partial charge in [0.1, 0.15) is 0 Å². The van der Waals surface area contributed by atoms with Crippen LogP contribution in [-0.4, -0.2) is 15.0 Å². The third-order valence-corrected chi connectivity index (χ3v) is 25.8. The molecule has 0 aliphatic heterocycles. The summed E-state index contributed by atoms with van der Waals surface area (Å²) in [5, 5.41) is 28.6. The molecule has 570 valence electrons. The zero-order valence-corrected chi connectivity index (χ0v) is 69.3. The molecule has 0 amide bonds. The van der Waals surface area contributed by atoms with Crippen molar-refractivity contribution < 1.29 is 0 Å². The van der Waals surface area contributed by atoms with Crippen molar-refractivity contribution in [3.8, 4) is 89.4 Å². The number of fused-ring (bicyclic) bond motifs is 6. The van der Waals surface area contributed by atoms with Gasteiger partial charge in [-0.2, -0.15) is 0 Å². The van der Waals surface area contributed by atoms with E-state index in [0.717, 1.165) is 17.1 Å². The van der Waals surface area contributed by atoms with Gasteiger partial charge < -0.3 is 0 Å². The summed E-state index contributed by atoms with van der Waals surface area (Å²) in [6, 6.07) is 123.